The Hall–Kier alpha value is -3.51. The molecule has 0 radical (unpaired) electrons. The lowest BCUT2D eigenvalue weighted by molar-refractivity contribution is 0.0940. The van der Waals surface area contributed by atoms with Gasteiger partial charge in [0.15, 0.2) is 11.6 Å². The van der Waals surface area contributed by atoms with Crippen molar-refractivity contribution >= 4 is 23.4 Å². The van der Waals surface area contributed by atoms with E-state index in [-0.39, 0.29) is 23.3 Å². The van der Waals surface area contributed by atoms with Crippen LogP contribution in [0.1, 0.15) is 53.3 Å². The van der Waals surface area contributed by atoms with Crippen molar-refractivity contribution in [2.75, 3.05) is 45.2 Å². The Morgan fingerprint density at radius 2 is 2.21 bits per heavy atom. The van der Waals surface area contributed by atoms with E-state index in [2.05, 4.69) is 37.4 Å². The molecule has 4 aliphatic rings. The number of H-pyrrole nitrogens is 1. The summed E-state index contributed by atoms with van der Waals surface area (Å²) in [7, 11) is 1.40. The molecule has 1 amide bonds. The van der Waals surface area contributed by atoms with Crippen LogP contribution in [0.4, 0.5) is 10.1 Å². The quantitative estimate of drug-likeness (QED) is 0.514. The van der Waals surface area contributed by atoms with Crippen LogP contribution in [-0.4, -0.2) is 57.0 Å². The number of carbonyl (C=O) groups excluding carboxylic acids is 1. The van der Waals surface area contributed by atoms with Crippen molar-refractivity contribution < 1.29 is 18.7 Å². The van der Waals surface area contributed by atoms with Gasteiger partial charge in [0.2, 0.25) is 0 Å². The van der Waals surface area contributed by atoms with Crippen LogP contribution in [0.25, 0.3) is 5.57 Å². The summed E-state index contributed by atoms with van der Waals surface area (Å²) in [6.07, 6.45) is 6.36. The number of anilines is 1. The molecule has 3 aliphatic heterocycles. The number of nitrogens with zero attached hydrogens (tertiary/aromatic N) is 1. The lowest BCUT2D eigenvalue weighted by Crippen LogP contribution is -2.35. The third-order valence-electron chi connectivity index (χ3n) is 6.43. The van der Waals surface area contributed by atoms with Gasteiger partial charge < -0.3 is 30.4 Å². The summed E-state index contributed by atoms with van der Waals surface area (Å²) >= 11 is 0. The van der Waals surface area contributed by atoms with Crippen molar-refractivity contribution in [3.8, 4) is 0 Å². The van der Waals surface area contributed by atoms with E-state index in [4.69, 9.17) is 9.47 Å². The highest BCUT2D eigenvalue weighted by Gasteiger charge is 2.34. The van der Waals surface area contributed by atoms with E-state index < -0.39 is 5.83 Å². The molecule has 5 rings (SSSR count). The minimum atomic E-state index is -0.559. The molecule has 0 spiro atoms. The van der Waals surface area contributed by atoms with Crippen LogP contribution in [0.15, 0.2) is 45.6 Å². The minimum Gasteiger partial charge on any atom is -0.492 e. The molecule has 4 N–H and O–H groups in total. The average Bonchev–Trinajstić information content (AvgIpc) is 3.22. The summed E-state index contributed by atoms with van der Waals surface area (Å²) in [4.78, 5) is 21.1. The van der Waals surface area contributed by atoms with Crippen molar-refractivity contribution in [3.63, 3.8) is 0 Å². The average molecular weight is 466 g/mol. The number of allylic oxidation sites excluding steroid dienone is 3. The molecule has 34 heavy (non-hydrogen) atoms. The van der Waals surface area contributed by atoms with Crippen molar-refractivity contribution in [1.82, 2.24) is 15.6 Å². The van der Waals surface area contributed by atoms with Crippen molar-refractivity contribution in [2.24, 2.45) is 4.99 Å². The molecule has 1 atom stereocenters. The molecule has 1 aromatic rings. The Kier molecular flexibility index (Phi) is 6.41. The van der Waals surface area contributed by atoms with Gasteiger partial charge in [-0.3, -0.25) is 9.79 Å². The standard InChI is InChI=1S/C25H28FN5O3/c1-33-24-17(26)6-2-7-18(24)30-23-20-21-15(13-29-25(20)32)5-3-9-27-10-4-12-34-19-14-28-11-8-16(19)22(23)31-21/h6,14-15,27,30-31H,3-5,8-13H2,1H3,(H,29,32). The maximum atomic E-state index is 14.4. The smallest absolute Gasteiger partial charge is 0.255 e. The third kappa shape index (κ3) is 4.21. The van der Waals surface area contributed by atoms with E-state index in [1.165, 1.54) is 13.2 Å². The van der Waals surface area contributed by atoms with Gasteiger partial charge in [-0.25, -0.2) is 4.39 Å². The fourth-order valence-electron chi connectivity index (χ4n) is 4.77. The number of ether oxygens (including phenoxy) is 2. The van der Waals surface area contributed by atoms with Gasteiger partial charge in [0, 0.05) is 36.4 Å². The van der Waals surface area contributed by atoms with Crippen LogP contribution < -0.4 is 16.0 Å². The molecule has 4 heterocycles. The number of rotatable bonds is 3. The molecule has 0 aromatic carbocycles. The molecule has 0 saturated heterocycles. The van der Waals surface area contributed by atoms with Crippen molar-refractivity contribution in [1.29, 1.82) is 0 Å². The maximum absolute atomic E-state index is 14.4. The lowest BCUT2D eigenvalue weighted by Gasteiger charge is -2.24. The highest BCUT2D eigenvalue weighted by Crippen LogP contribution is 2.41. The molecule has 8 nitrogen and oxygen atoms in total. The zero-order valence-corrected chi connectivity index (χ0v) is 19.1. The Labute approximate surface area is 197 Å². The molecular weight excluding hydrogens is 437 g/mol. The first-order valence-corrected chi connectivity index (χ1v) is 11.7. The maximum Gasteiger partial charge on any atom is 0.255 e. The Morgan fingerprint density at radius 1 is 1.32 bits per heavy atom. The number of hydrogen-bond donors (Lipinski definition) is 4. The van der Waals surface area contributed by atoms with E-state index in [9.17, 15) is 9.18 Å². The van der Waals surface area contributed by atoms with E-state index in [0.717, 1.165) is 49.3 Å². The molecule has 9 heteroatoms. The Bertz CT molecular complexity index is 1200. The normalized spacial score (nSPS) is 22.5. The van der Waals surface area contributed by atoms with Gasteiger partial charge in [0.1, 0.15) is 11.5 Å². The van der Waals surface area contributed by atoms with E-state index in [1.54, 1.807) is 6.21 Å². The number of aromatic nitrogens is 1. The highest BCUT2D eigenvalue weighted by atomic mass is 19.1. The van der Waals surface area contributed by atoms with Gasteiger partial charge in [-0.05, 0) is 44.5 Å². The number of hydrogen-bond acceptors (Lipinski definition) is 6. The second-order valence-electron chi connectivity index (χ2n) is 8.59. The van der Waals surface area contributed by atoms with Crippen molar-refractivity contribution in [3.05, 3.63) is 57.5 Å². The number of carbonyl (C=O) groups is 1. The second kappa shape index (κ2) is 9.77. The molecule has 0 fully saturated rings. The summed E-state index contributed by atoms with van der Waals surface area (Å²) in [5.41, 5.74) is 9.49. The van der Waals surface area contributed by atoms with Gasteiger partial charge in [-0.1, -0.05) is 5.73 Å². The highest BCUT2D eigenvalue weighted by molar-refractivity contribution is 6.06. The molecule has 1 aliphatic carbocycles. The molecule has 178 valence electrons. The Balaban J connectivity index is 1.67. The van der Waals surface area contributed by atoms with Gasteiger partial charge in [-0.15, -0.1) is 0 Å². The lowest BCUT2D eigenvalue weighted by atomic mass is 9.92. The first-order chi connectivity index (χ1) is 16.7. The number of aliphatic imine (C=N–C) groups is 1. The van der Waals surface area contributed by atoms with Gasteiger partial charge in [0.25, 0.3) is 5.91 Å². The second-order valence-corrected chi connectivity index (χ2v) is 8.59. The van der Waals surface area contributed by atoms with Gasteiger partial charge in [-0.2, -0.15) is 0 Å². The molecule has 1 aromatic heterocycles. The molecule has 1 unspecified atom stereocenters. The summed E-state index contributed by atoms with van der Waals surface area (Å²) < 4.78 is 25.8. The van der Waals surface area contributed by atoms with Crippen LogP contribution in [-0.2, 0) is 9.47 Å². The molecular formula is C25H28FN5O3. The summed E-state index contributed by atoms with van der Waals surface area (Å²) in [6, 6.07) is 0. The van der Waals surface area contributed by atoms with Crippen LogP contribution in [0.3, 0.4) is 0 Å². The first-order valence-electron chi connectivity index (χ1n) is 11.7. The number of nitrogens with one attached hydrogen (secondary N) is 4. The fraction of sp³-hybridized carbons (Fsp3) is 0.440. The third-order valence-corrected chi connectivity index (χ3v) is 6.43. The predicted octanol–water partition coefficient (Wildman–Crippen LogP) is 3.26. The van der Waals surface area contributed by atoms with Crippen LogP contribution in [0.2, 0.25) is 0 Å². The van der Waals surface area contributed by atoms with E-state index in [1.807, 2.05) is 0 Å². The monoisotopic (exact) mass is 465 g/mol. The number of fused-ring (bicyclic) bond motifs is 2. The number of halogens is 1. The van der Waals surface area contributed by atoms with E-state index in [0.29, 0.717) is 43.1 Å². The van der Waals surface area contributed by atoms with Crippen LogP contribution in [0, 0.1) is 0 Å². The summed E-state index contributed by atoms with van der Waals surface area (Å²) in [5.74, 6) is 0.101. The zero-order valence-electron chi connectivity index (χ0n) is 19.1. The summed E-state index contributed by atoms with van der Waals surface area (Å²) in [6.45, 7) is 3.53. The number of methoxy groups -OCH3 is 1. The SMILES string of the molecule is COC1=C(F)C=C=C=C1Nc1c2[nH]c3c1C(=O)NCC3CCCNCCCOC1=C2CCN=C1. The zero-order chi connectivity index (χ0) is 23.5. The molecule has 0 saturated carbocycles. The number of dihydropyridines is 1. The van der Waals surface area contributed by atoms with Gasteiger partial charge >= 0.3 is 0 Å². The number of amides is 1. The fourth-order valence-corrected chi connectivity index (χ4v) is 4.77. The topological polar surface area (TPSA) is 99.8 Å². The minimum absolute atomic E-state index is 0.0139. The summed E-state index contributed by atoms with van der Waals surface area (Å²) in [5, 5.41) is 9.74. The molecule has 2 bridgehead atoms. The van der Waals surface area contributed by atoms with Gasteiger partial charge in [0.05, 0.1) is 36.9 Å². The largest absolute Gasteiger partial charge is 0.492 e. The number of aromatic amines is 1. The van der Waals surface area contributed by atoms with Crippen molar-refractivity contribution in [2.45, 2.75) is 31.6 Å². The Morgan fingerprint density at radius 3 is 3.09 bits per heavy atom. The first kappa shape index (κ1) is 22.3. The van der Waals surface area contributed by atoms with E-state index >= 15 is 0 Å². The van der Waals surface area contributed by atoms with Crippen LogP contribution in [0.5, 0.6) is 0 Å². The van der Waals surface area contributed by atoms with Crippen LogP contribution >= 0.6 is 0 Å². The predicted molar refractivity (Wildman–Crippen MR) is 127 cm³/mol.